The number of nitrogens with zero attached hydrogens (tertiary/aromatic N) is 1. The van der Waals surface area contributed by atoms with Gasteiger partial charge in [-0.25, -0.2) is 8.42 Å². The van der Waals surface area contributed by atoms with E-state index >= 15 is 0 Å². The van der Waals surface area contributed by atoms with Gasteiger partial charge in [0.15, 0.2) is 5.03 Å². The summed E-state index contributed by atoms with van der Waals surface area (Å²) in [6.45, 7) is -0.801. The fourth-order valence-electron chi connectivity index (χ4n) is 1.26. The first-order valence-electron chi connectivity index (χ1n) is 4.77. The summed E-state index contributed by atoms with van der Waals surface area (Å²) < 4.78 is 99.9. The third-order valence-electron chi connectivity index (χ3n) is 2.00. The maximum Gasteiger partial charge on any atom is 0.574 e. The van der Waals surface area contributed by atoms with E-state index in [0.717, 1.165) is 0 Å². The Hall–Kier alpha value is -1.27. The highest BCUT2D eigenvalue weighted by molar-refractivity contribution is 8.13. The summed E-state index contributed by atoms with van der Waals surface area (Å²) in [6, 6.07) is 0.0866. The molecule has 0 bridgehead atoms. The molecule has 1 heterocycles. The first-order valence-corrected chi connectivity index (χ1v) is 7.08. The second kappa shape index (κ2) is 5.50. The predicted molar refractivity (Wildman–Crippen MR) is 56.9 cm³/mol. The van der Waals surface area contributed by atoms with Gasteiger partial charge in [-0.15, -0.1) is 13.2 Å². The highest BCUT2D eigenvalue weighted by atomic mass is 35.7. The SMILES string of the molecule is NCc1cc(C(F)(F)F)c(S(=O)(=O)Cl)nc1OC(F)(F)F. The quantitative estimate of drug-likeness (QED) is 0.662. The largest absolute Gasteiger partial charge is 0.574 e. The molecule has 2 N–H and O–H groups in total. The van der Waals surface area contributed by atoms with Crippen molar-refractivity contribution in [2.75, 3.05) is 0 Å². The number of nitrogens with two attached hydrogens (primary N) is 1. The molecule has 5 nitrogen and oxygen atoms in total. The van der Waals surface area contributed by atoms with Gasteiger partial charge in [0.25, 0.3) is 9.05 Å². The Morgan fingerprint density at radius 3 is 2.10 bits per heavy atom. The average molecular weight is 359 g/mol. The van der Waals surface area contributed by atoms with Gasteiger partial charge in [-0.1, -0.05) is 0 Å². The minimum absolute atomic E-state index is 0.0866. The van der Waals surface area contributed by atoms with Crippen molar-refractivity contribution >= 4 is 19.7 Å². The van der Waals surface area contributed by atoms with Crippen LogP contribution in [-0.2, 0) is 21.8 Å². The normalized spacial score (nSPS) is 13.3. The molecule has 1 aromatic rings. The molecular formula is C8H5ClF6N2O3S. The molecule has 0 saturated heterocycles. The summed E-state index contributed by atoms with van der Waals surface area (Å²) in [7, 11) is -0.317. The van der Waals surface area contributed by atoms with Crippen LogP contribution >= 0.6 is 10.7 Å². The first kappa shape index (κ1) is 17.8. The molecule has 0 radical (unpaired) electrons. The molecule has 0 atom stereocenters. The zero-order valence-electron chi connectivity index (χ0n) is 9.59. The summed E-state index contributed by atoms with van der Waals surface area (Å²) in [4.78, 5) is 2.70. The third-order valence-corrected chi connectivity index (χ3v) is 3.21. The fraction of sp³-hybridized carbons (Fsp3) is 0.375. The summed E-state index contributed by atoms with van der Waals surface area (Å²) in [6.07, 6.45) is -10.5. The van der Waals surface area contributed by atoms with Crippen LogP contribution in [-0.4, -0.2) is 19.8 Å². The van der Waals surface area contributed by atoms with E-state index in [1.165, 1.54) is 0 Å². The Morgan fingerprint density at radius 2 is 1.76 bits per heavy atom. The number of hydrogen-bond donors (Lipinski definition) is 1. The van der Waals surface area contributed by atoms with Crippen LogP contribution in [0.3, 0.4) is 0 Å². The zero-order chi connectivity index (χ0) is 16.6. The Balaban J connectivity index is 3.65. The van der Waals surface area contributed by atoms with E-state index in [1.807, 2.05) is 0 Å². The molecule has 13 heteroatoms. The molecule has 1 aromatic heterocycles. The van der Waals surface area contributed by atoms with Gasteiger partial charge in [-0.3, -0.25) is 0 Å². The summed E-state index contributed by atoms with van der Waals surface area (Å²) in [5.41, 5.74) is 2.38. The maximum atomic E-state index is 12.7. The lowest BCUT2D eigenvalue weighted by Crippen LogP contribution is -2.22. The van der Waals surface area contributed by atoms with Crippen LogP contribution in [0.25, 0.3) is 0 Å². The van der Waals surface area contributed by atoms with Crippen LogP contribution in [0.15, 0.2) is 11.1 Å². The molecule has 0 aliphatic carbocycles. The predicted octanol–water partition coefficient (Wildman–Crippen LogP) is 2.39. The van der Waals surface area contributed by atoms with Gasteiger partial charge in [-0.2, -0.15) is 18.2 Å². The van der Waals surface area contributed by atoms with Gasteiger partial charge in [0, 0.05) is 22.8 Å². The van der Waals surface area contributed by atoms with Crippen molar-refractivity contribution in [1.29, 1.82) is 0 Å². The Labute approximate surface area is 118 Å². The lowest BCUT2D eigenvalue weighted by atomic mass is 10.2. The molecule has 21 heavy (non-hydrogen) atoms. The molecule has 0 aromatic carbocycles. The van der Waals surface area contributed by atoms with Crippen LogP contribution in [0, 0.1) is 0 Å². The van der Waals surface area contributed by atoms with E-state index in [-0.39, 0.29) is 6.07 Å². The van der Waals surface area contributed by atoms with Crippen molar-refractivity contribution in [3.8, 4) is 5.88 Å². The van der Waals surface area contributed by atoms with Crippen molar-refractivity contribution in [2.24, 2.45) is 5.73 Å². The number of alkyl halides is 6. The first-order chi connectivity index (χ1) is 9.25. The monoisotopic (exact) mass is 358 g/mol. The second-order valence-electron chi connectivity index (χ2n) is 3.49. The van der Waals surface area contributed by atoms with Crippen LogP contribution < -0.4 is 10.5 Å². The van der Waals surface area contributed by atoms with Crippen molar-refractivity contribution in [1.82, 2.24) is 4.98 Å². The van der Waals surface area contributed by atoms with Crippen molar-refractivity contribution in [3.05, 3.63) is 17.2 Å². The van der Waals surface area contributed by atoms with Gasteiger partial charge in [0.1, 0.15) is 0 Å². The maximum absolute atomic E-state index is 12.7. The molecule has 1 rings (SSSR count). The average Bonchev–Trinajstić information content (AvgIpc) is 2.23. The van der Waals surface area contributed by atoms with Gasteiger partial charge < -0.3 is 10.5 Å². The topological polar surface area (TPSA) is 82.3 Å². The minimum Gasteiger partial charge on any atom is -0.387 e. The zero-order valence-corrected chi connectivity index (χ0v) is 11.2. The third kappa shape index (κ3) is 4.61. The highest BCUT2D eigenvalue weighted by Gasteiger charge is 2.41. The molecule has 0 amide bonds. The lowest BCUT2D eigenvalue weighted by Gasteiger charge is -2.16. The van der Waals surface area contributed by atoms with Crippen LogP contribution in [0.4, 0.5) is 26.3 Å². The Kier molecular flexibility index (Phi) is 4.65. The number of halogens is 7. The van der Waals surface area contributed by atoms with Crippen LogP contribution in [0.5, 0.6) is 5.88 Å². The molecule has 0 aliphatic heterocycles. The van der Waals surface area contributed by atoms with E-state index in [0.29, 0.717) is 0 Å². The molecule has 0 saturated carbocycles. The Bertz CT molecular complexity index is 643. The summed E-state index contributed by atoms with van der Waals surface area (Å²) >= 11 is 0. The van der Waals surface area contributed by atoms with Crippen molar-refractivity contribution in [3.63, 3.8) is 0 Å². The van der Waals surface area contributed by atoms with E-state index in [1.54, 1.807) is 0 Å². The molecule has 0 spiro atoms. The van der Waals surface area contributed by atoms with E-state index in [2.05, 4.69) is 9.72 Å². The van der Waals surface area contributed by atoms with Crippen LogP contribution in [0.1, 0.15) is 11.1 Å². The smallest absolute Gasteiger partial charge is 0.387 e. The number of aromatic nitrogens is 1. The molecular weight excluding hydrogens is 354 g/mol. The van der Waals surface area contributed by atoms with Gasteiger partial charge in [-0.05, 0) is 6.07 Å². The number of rotatable bonds is 3. The molecule has 120 valence electrons. The summed E-state index contributed by atoms with van der Waals surface area (Å²) in [5, 5.41) is -1.80. The molecule has 0 unspecified atom stereocenters. The van der Waals surface area contributed by atoms with Crippen LogP contribution in [0.2, 0.25) is 0 Å². The number of ether oxygens (including phenoxy) is 1. The summed E-state index contributed by atoms with van der Waals surface area (Å²) in [5.74, 6) is -1.42. The van der Waals surface area contributed by atoms with Gasteiger partial charge >= 0.3 is 12.5 Å². The lowest BCUT2D eigenvalue weighted by molar-refractivity contribution is -0.276. The minimum atomic E-state index is -5.30. The van der Waals surface area contributed by atoms with E-state index in [4.69, 9.17) is 16.4 Å². The number of pyridine rings is 1. The van der Waals surface area contributed by atoms with Gasteiger partial charge in [0.2, 0.25) is 5.88 Å². The van der Waals surface area contributed by atoms with E-state index in [9.17, 15) is 34.8 Å². The fourth-order valence-corrected chi connectivity index (χ4v) is 2.24. The van der Waals surface area contributed by atoms with Gasteiger partial charge in [0.05, 0.1) is 5.56 Å². The van der Waals surface area contributed by atoms with Crippen molar-refractivity contribution in [2.45, 2.75) is 24.1 Å². The van der Waals surface area contributed by atoms with E-state index < -0.39 is 50.2 Å². The molecule has 0 fully saturated rings. The molecule has 0 aliphatic rings. The standard InChI is InChI=1S/C8H5ClF6N2O3S/c9-21(18,19)6-4(7(10,11)12)1-3(2-16)5(17-6)20-8(13,14)15/h1H,2,16H2. The highest BCUT2D eigenvalue weighted by Crippen LogP contribution is 2.38. The second-order valence-corrected chi connectivity index (χ2v) is 5.97. The Morgan fingerprint density at radius 1 is 1.24 bits per heavy atom. The number of hydrogen-bond acceptors (Lipinski definition) is 5. The van der Waals surface area contributed by atoms with Crippen molar-refractivity contribution < 1.29 is 39.5 Å².